The highest BCUT2D eigenvalue weighted by Gasteiger charge is 2.34. The van der Waals surface area contributed by atoms with E-state index in [1.54, 1.807) is 13.8 Å². The van der Waals surface area contributed by atoms with E-state index in [1.165, 1.54) is 30.0 Å². The number of hydrogen-bond acceptors (Lipinski definition) is 10. The quantitative estimate of drug-likeness (QED) is 0.220. The lowest BCUT2D eigenvalue weighted by Gasteiger charge is -2.16. The molecule has 174 valence electrons. The predicted octanol–water partition coefficient (Wildman–Crippen LogP) is 1.74. The number of carbonyl (C=O) groups is 4. The summed E-state index contributed by atoms with van der Waals surface area (Å²) in [6.45, 7) is 2.62. The van der Waals surface area contributed by atoms with Crippen LogP contribution in [-0.2, 0) is 42.0 Å². The van der Waals surface area contributed by atoms with Crippen molar-refractivity contribution in [3.05, 3.63) is 39.4 Å². The molecule has 0 saturated carbocycles. The molecule has 0 radical (unpaired) electrons. The van der Waals surface area contributed by atoms with Crippen molar-refractivity contribution in [2.45, 2.75) is 39.9 Å². The maximum atomic E-state index is 12.2. The topological polar surface area (TPSA) is 153 Å². The molecular weight excluding hydrogens is 444 g/mol. The van der Waals surface area contributed by atoms with Gasteiger partial charge in [0.2, 0.25) is 0 Å². The van der Waals surface area contributed by atoms with E-state index in [-0.39, 0.29) is 30.7 Å². The van der Waals surface area contributed by atoms with Gasteiger partial charge in [-0.05, 0) is 11.6 Å². The zero-order valence-electron chi connectivity index (χ0n) is 17.6. The Balaban J connectivity index is 1.75. The van der Waals surface area contributed by atoms with E-state index >= 15 is 0 Å². The first kappa shape index (κ1) is 25.3. The number of aliphatic hydroxyl groups excluding tert-OH is 1. The summed E-state index contributed by atoms with van der Waals surface area (Å²) in [7, 11) is 0. The summed E-state index contributed by atoms with van der Waals surface area (Å²) in [5.41, 5.74) is 0.341. The van der Waals surface area contributed by atoms with Crippen LogP contribution in [0.4, 0.5) is 5.69 Å². The van der Waals surface area contributed by atoms with Gasteiger partial charge in [-0.25, -0.2) is 4.79 Å². The van der Waals surface area contributed by atoms with Gasteiger partial charge in [-0.2, -0.15) is 11.8 Å². The molecule has 1 aliphatic heterocycles. The van der Waals surface area contributed by atoms with Gasteiger partial charge in [-0.1, -0.05) is 19.9 Å². The number of amides is 2. The lowest BCUT2D eigenvalue weighted by atomic mass is 10.1. The third-order valence-electron chi connectivity index (χ3n) is 4.63. The molecule has 2 atom stereocenters. The van der Waals surface area contributed by atoms with Gasteiger partial charge in [0.1, 0.15) is 6.61 Å². The Hall–Kier alpha value is -2.99. The summed E-state index contributed by atoms with van der Waals surface area (Å²) in [4.78, 5) is 62.5. The molecule has 0 bridgehead atoms. The summed E-state index contributed by atoms with van der Waals surface area (Å²) < 4.78 is 5.20. The molecule has 0 aliphatic carbocycles. The normalized spacial score (nSPS) is 15.4. The van der Waals surface area contributed by atoms with Crippen LogP contribution in [0.25, 0.3) is 0 Å². The predicted molar refractivity (Wildman–Crippen MR) is 112 cm³/mol. The molecule has 2 rings (SSSR count). The molecule has 12 heteroatoms. The molecular formula is C20H24N2O9S. The van der Waals surface area contributed by atoms with Crippen LogP contribution >= 0.6 is 11.8 Å². The average molecular weight is 468 g/mol. The van der Waals surface area contributed by atoms with Gasteiger partial charge in [0.15, 0.2) is 0 Å². The van der Waals surface area contributed by atoms with Gasteiger partial charge in [-0.3, -0.25) is 24.5 Å². The van der Waals surface area contributed by atoms with Crippen LogP contribution in [-0.4, -0.2) is 50.4 Å². The fraction of sp³-hybridized carbons (Fsp3) is 0.500. The van der Waals surface area contributed by atoms with Crippen molar-refractivity contribution in [2.24, 2.45) is 11.8 Å². The lowest BCUT2D eigenvalue weighted by Crippen LogP contribution is -2.34. The molecule has 1 saturated heterocycles. The van der Waals surface area contributed by atoms with Crippen LogP contribution in [0.1, 0.15) is 37.8 Å². The van der Waals surface area contributed by atoms with E-state index in [4.69, 9.17) is 14.7 Å². The number of nitro groups is 1. The second kappa shape index (κ2) is 11.6. The van der Waals surface area contributed by atoms with Crippen molar-refractivity contribution in [1.29, 1.82) is 0 Å². The number of esters is 1. The number of hydroxylamine groups is 2. The molecule has 0 aromatic heterocycles. The summed E-state index contributed by atoms with van der Waals surface area (Å²) >= 11 is 1.31. The Morgan fingerprint density at radius 2 is 1.75 bits per heavy atom. The first-order valence-electron chi connectivity index (χ1n) is 9.83. The van der Waals surface area contributed by atoms with Crippen LogP contribution in [0.15, 0.2) is 18.2 Å². The molecule has 1 fully saturated rings. The van der Waals surface area contributed by atoms with Crippen LogP contribution in [0.3, 0.4) is 0 Å². The van der Waals surface area contributed by atoms with Crippen molar-refractivity contribution in [2.75, 3.05) is 11.5 Å². The Labute approximate surface area is 188 Å². The van der Waals surface area contributed by atoms with E-state index in [0.29, 0.717) is 22.1 Å². The first-order chi connectivity index (χ1) is 15.1. The number of aliphatic hydroxyl groups is 1. The fourth-order valence-electron chi connectivity index (χ4n) is 2.70. The summed E-state index contributed by atoms with van der Waals surface area (Å²) in [6, 6.07) is 4.19. The Morgan fingerprint density at radius 1 is 1.16 bits per heavy atom. The van der Waals surface area contributed by atoms with Gasteiger partial charge in [0, 0.05) is 30.4 Å². The third-order valence-corrected chi connectivity index (χ3v) is 6.10. The molecule has 2 amide bonds. The molecule has 0 spiro atoms. The lowest BCUT2D eigenvalue weighted by molar-refractivity contribution is -0.385. The van der Waals surface area contributed by atoms with Gasteiger partial charge >= 0.3 is 11.9 Å². The van der Waals surface area contributed by atoms with Gasteiger partial charge in [0.05, 0.1) is 28.9 Å². The Bertz CT molecular complexity index is 889. The highest BCUT2D eigenvalue weighted by Crippen LogP contribution is 2.22. The van der Waals surface area contributed by atoms with E-state index in [0.717, 1.165) is 0 Å². The molecule has 1 N–H and O–H groups in total. The van der Waals surface area contributed by atoms with Gasteiger partial charge in [-0.15, -0.1) is 5.06 Å². The molecule has 11 nitrogen and oxygen atoms in total. The first-order valence-corrected chi connectivity index (χ1v) is 11.0. The molecule has 2 unspecified atom stereocenters. The summed E-state index contributed by atoms with van der Waals surface area (Å²) in [5.74, 6) is -2.75. The van der Waals surface area contributed by atoms with Crippen molar-refractivity contribution >= 4 is 41.2 Å². The van der Waals surface area contributed by atoms with Crippen molar-refractivity contribution < 1.29 is 38.8 Å². The zero-order chi connectivity index (χ0) is 23.8. The number of rotatable bonds is 11. The highest BCUT2D eigenvalue weighted by atomic mass is 32.2. The van der Waals surface area contributed by atoms with Crippen LogP contribution < -0.4 is 0 Å². The number of imide groups is 1. The maximum absolute atomic E-state index is 12.2. The maximum Gasteiger partial charge on any atom is 0.336 e. The van der Waals surface area contributed by atoms with Crippen LogP contribution in [0.2, 0.25) is 0 Å². The molecule has 1 aromatic carbocycles. The number of hydrogen-bond donors (Lipinski definition) is 1. The summed E-state index contributed by atoms with van der Waals surface area (Å²) in [6.07, 6.45) is 0.0432. The van der Waals surface area contributed by atoms with E-state index in [9.17, 15) is 29.3 Å². The molecule has 1 heterocycles. The second-order valence-electron chi connectivity index (χ2n) is 7.32. The minimum atomic E-state index is -0.704. The van der Waals surface area contributed by atoms with Gasteiger partial charge in [0.25, 0.3) is 17.5 Å². The van der Waals surface area contributed by atoms with E-state index in [1.807, 2.05) is 0 Å². The van der Waals surface area contributed by atoms with E-state index in [2.05, 4.69) is 0 Å². The fourth-order valence-corrected chi connectivity index (χ4v) is 3.81. The monoisotopic (exact) mass is 468 g/mol. The van der Waals surface area contributed by atoms with Gasteiger partial charge < -0.3 is 14.7 Å². The van der Waals surface area contributed by atoms with Crippen LogP contribution in [0, 0.1) is 22.0 Å². The summed E-state index contributed by atoms with van der Waals surface area (Å²) in [5, 5.41) is 20.7. The smallest absolute Gasteiger partial charge is 0.336 e. The molecule has 1 aliphatic rings. The molecule has 32 heavy (non-hydrogen) atoms. The number of nitrogens with zero attached hydrogens (tertiary/aromatic N) is 2. The number of thioether (sulfide) groups is 1. The van der Waals surface area contributed by atoms with Crippen LogP contribution in [0.5, 0.6) is 0 Å². The SMILES string of the molecule is CC(CSCC(C)C(=O)ON1C(=O)CCC1=O)C(=O)OCc1ccc(CO)c([N+](=O)[O-])c1. The largest absolute Gasteiger partial charge is 0.461 e. The Morgan fingerprint density at radius 3 is 2.31 bits per heavy atom. The Kier molecular flexibility index (Phi) is 9.14. The standard InChI is InChI=1S/C20H24N2O9S/c1-12(10-32-11-13(2)20(27)31-21-17(24)5-6-18(21)25)19(26)30-9-14-3-4-15(8-23)16(7-14)22(28)29/h3-4,7,12-13,23H,5-6,8-11H2,1-2H3. The zero-order valence-corrected chi connectivity index (χ0v) is 18.5. The molecule has 1 aromatic rings. The number of benzene rings is 1. The number of carbonyl (C=O) groups excluding carboxylic acids is 4. The minimum Gasteiger partial charge on any atom is -0.461 e. The van der Waals surface area contributed by atoms with Crippen molar-refractivity contribution in [3.63, 3.8) is 0 Å². The minimum absolute atomic E-state index is 0.0216. The van der Waals surface area contributed by atoms with E-state index < -0.39 is 47.1 Å². The second-order valence-corrected chi connectivity index (χ2v) is 8.39. The highest BCUT2D eigenvalue weighted by molar-refractivity contribution is 7.99. The number of nitro benzene ring substituents is 1. The third kappa shape index (κ3) is 6.76. The average Bonchev–Trinajstić information content (AvgIpc) is 3.08. The van der Waals surface area contributed by atoms with Crippen molar-refractivity contribution in [1.82, 2.24) is 5.06 Å². The number of ether oxygens (including phenoxy) is 1. The van der Waals surface area contributed by atoms with Crippen molar-refractivity contribution in [3.8, 4) is 0 Å².